The van der Waals surface area contributed by atoms with E-state index >= 15 is 0 Å². The number of aryl methyl sites for hydroxylation is 1. The maximum atomic E-state index is 12.4. The summed E-state index contributed by atoms with van der Waals surface area (Å²) in [7, 11) is 1.55. The first kappa shape index (κ1) is 9.61. The third-order valence-corrected chi connectivity index (χ3v) is 2.66. The minimum absolute atomic E-state index is 0.706. The van der Waals surface area contributed by atoms with Crippen molar-refractivity contribution in [2.24, 2.45) is 0 Å². The monoisotopic (exact) mass is 191 g/mol. The van der Waals surface area contributed by atoms with Crippen LogP contribution in [0.2, 0.25) is 0 Å². The maximum absolute atomic E-state index is 12.4. The fourth-order valence-corrected chi connectivity index (χ4v) is 1.88. The van der Waals surface area contributed by atoms with E-state index in [0.717, 1.165) is 4.88 Å². The summed E-state index contributed by atoms with van der Waals surface area (Å²) in [5.41, 5.74) is 0.706. The van der Waals surface area contributed by atoms with Crippen LogP contribution in [0.25, 0.3) is 0 Å². The summed E-state index contributed by atoms with van der Waals surface area (Å²) in [4.78, 5) is 0.953. The molecule has 1 rings (SSSR count). The molecule has 68 valence electrons. The third-order valence-electron chi connectivity index (χ3n) is 1.80. The summed E-state index contributed by atoms with van der Waals surface area (Å²) in [6, 6.07) is 0.920. The van der Waals surface area contributed by atoms with Gasteiger partial charge in [0.05, 0.1) is 6.04 Å². The van der Waals surface area contributed by atoms with E-state index in [1.54, 1.807) is 13.1 Å². The van der Waals surface area contributed by atoms with Crippen molar-refractivity contribution in [3.63, 3.8) is 0 Å². The lowest BCUT2D eigenvalue weighted by molar-refractivity contribution is 0.102. The molecule has 0 spiro atoms. The highest BCUT2D eigenvalue weighted by molar-refractivity contribution is 7.10. The van der Waals surface area contributed by atoms with Gasteiger partial charge in [0.25, 0.3) is 6.43 Å². The smallest absolute Gasteiger partial charge is 0.257 e. The van der Waals surface area contributed by atoms with Crippen LogP contribution in [0.5, 0.6) is 0 Å². The minimum Gasteiger partial charge on any atom is -0.308 e. The molecule has 0 fully saturated rings. The van der Waals surface area contributed by atoms with Crippen molar-refractivity contribution in [1.29, 1.82) is 0 Å². The van der Waals surface area contributed by atoms with Crippen LogP contribution in [0.15, 0.2) is 11.4 Å². The molecule has 0 aliphatic heterocycles. The largest absolute Gasteiger partial charge is 0.308 e. The molecule has 4 heteroatoms. The highest BCUT2D eigenvalue weighted by Gasteiger charge is 2.22. The third kappa shape index (κ3) is 1.81. The highest BCUT2D eigenvalue weighted by Crippen LogP contribution is 2.26. The van der Waals surface area contributed by atoms with E-state index in [0.29, 0.717) is 5.56 Å². The Morgan fingerprint density at radius 1 is 1.50 bits per heavy atom. The average Bonchev–Trinajstić information content (AvgIpc) is 2.38. The molecule has 0 amide bonds. The first-order chi connectivity index (χ1) is 5.66. The fourth-order valence-electron chi connectivity index (χ4n) is 1.13. The van der Waals surface area contributed by atoms with Crippen molar-refractivity contribution < 1.29 is 8.78 Å². The maximum Gasteiger partial charge on any atom is 0.257 e. The molecule has 1 unspecified atom stereocenters. The molecule has 1 atom stereocenters. The van der Waals surface area contributed by atoms with Crippen LogP contribution < -0.4 is 5.32 Å². The van der Waals surface area contributed by atoms with Gasteiger partial charge in [0.2, 0.25) is 0 Å². The Morgan fingerprint density at radius 3 is 2.50 bits per heavy atom. The van der Waals surface area contributed by atoms with Crippen LogP contribution in [0, 0.1) is 6.92 Å². The predicted octanol–water partition coefficient (Wildman–Crippen LogP) is 2.58. The first-order valence-electron chi connectivity index (χ1n) is 3.66. The molecule has 0 bridgehead atoms. The quantitative estimate of drug-likeness (QED) is 0.774. The molecule has 1 nitrogen and oxygen atoms in total. The zero-order valence-electron chi connectivity index (χ0n) is 6.97. The van der Waals surface area contributed by atoms with Gasteiger partial charge in [-0.1, -0.05) is 0 Å². The number of hydrogen-bond acceptors (Lipinski definition) is 2. The van der Waals surface area contributed by atoms with Crippen molar-refractivity contribution in [1.82, 2.24) is 5.32 Å². The van der Waals surface area contributed by atoms with Crippen molar-refractivity contribution in [2.45, 2.75) is 19.4 Å². The lowest BCUT2D eigenvalue weighted by Crippen LogP contribution is -2.23. The first-order valence-corrected chi connectivity index (χ1v) is 4.54. The van der Waals surface area contributed by atoms with Crippen LogP contribution in [0.3, 0.4) is 0 Å². The molecule has 1 heterocycles. The van der Waals surface area contributed by atoms with Crippen molar-refractivity contribution in [3.8, 4) is 0 Å². The Morgan fingerprint density at radius 2 is 2.17 bits per heavy atom. The van der Waals surface area contributed by atoms with E-state index in [4.69, 9.17) is 0 Å². The second-order valence-electron chi connectivity index (χ2n) is 2.53. The number of rotatable bonds is 3. The van der Waals surface area contributed by atoms with Gasteiger partial charge in [-0.15, -0.1) is 11.3 Å². The minimum atomic E-state index is -2.34. The Labute approximate surface area is 74.4 Å². The number of nitrogens with one attached hydrogen (secondary N) is 1. The molecule has 1 aromatic rings. The van der Waals surface area contributed by atoms with Gasteiger partial charge in [-0.25, -0.2) is 8.78 Å². The molecular formula is C8H11F2NS. The van der Waals surface area contributed by atoms with Crippen molar-refractivity contribution in [2.75, 3.05) is 7.05 Å². The standard InChI is InChI=1S/C8H11F2NS/c1-5-6(3-4-12-5)7(11-2)8(9)10/h3-4,7-8,11H,1-2H3. The Bertz CT molecular complexity index is 247. The van der Waals surface area contributed by atoms with E-state index in [-0.39, 0.29) is 0 Å². The summed E-state index contributed by atoms with van der Waals surface area (Å²) in [5.74, 6) is 0. The van der Waals surface area contributed by atoms with Gasteiger partial charge in [0.15, 0.2) is 0 Å². The topological polar surface area (TPSA) is 12.0 Å². The van der Waals surface area contributed by atoms with E-state index < -0.39 is 12.5 Å². The molecule has 0 aromatic carbocycles. The van der Waals surface area contributed by atoms with Crippen LogP contribution in [0.1, 0.15) is 16.5 Å². The molecule has 0 saturated heterocycles. The van der Waals surface area contributed by atoms with Crippen LogP contribution in [-0.4, -0.2) is 13.5 Å². The molecule has 12 heavy (non-hydrogen) atoms. The lowest BCUT2D eigenvalue weighted by Gasteiger charge is -2.14. The van der Waals surface area contributed by atoms with Gasteiger partial charge in [0, 0.05) is 4.88 Å². The second-order valence-corrected chi connectivity index (χ2v) is 3.65. The predicted molar refractivity (Wildman–Crippen MR) is 46.9 cm³/mol. The average molecular weight is 191 g/mol. The number of hydrogen-bond donors (Lipinski definition) is 1. The van der Waals surface area contributed by atoms with Gasteiger partial charge in [0.1, 0.15) is 0 Å². The summed E-state index contributed by atoms with van der Waals surface area (Å²) >= 11 is 1.49. The summed E-state index contributed by atoms with van der Waals surface area (Å²) in [5, 5.41) is 4.43. The van der Waals surface area contributed by atoms with Crippen LogP contribution >= 0.6 is 11.3 Å². The molecule has 0 saturated carbocycles. The lowest BCUT2D eigenvalue weighted by atomic mass is 10.1. The van der Waals surface area contributed by atoms with E-state index in [1.807, 2.05) is 12.3 Å². The summed E-state index contributed by atoms with van der Waals surface area (Å²) in [6.07, 6.45) is -2.34. The Hall–Kier alpha value is -0.480. The van der Waals surface area contributed by atoms with Gasteiger partial charge >= 0.3 is 0 Å². The molecule has 1 N–H and O–H groups in total. The van der Waals surface area contributed by atoms with Gasteiger partial charge < -0.3 is 5.32 Å². The van der Waals surface area contributed by atoms with Crippen molar-refractivity contribution in [3.05, 3.63) is 21.9 Å². The zero-order chi connectivity index (χ0) is 9.14. The van der Waals surface area contributed by atoms with Gasteiger partial charge in [-0.3, -0.25) is 0 Å². The number of alkyl halides is 2. The highest BCUT2D eigenvalue weighted by atomic mass is 32.1. The summed E-state index contributed by atoms with van der Waals surface area (Å²) in [6.45, 7) is 1.85. The van der Waals surface area contributed by atoms with Crippen LogP contribution in [0.4, 0.5) is 8.78 Å². The molecule has 1 aromatic heterocycles. The van der Waals surface area contributed by atoms with Crippen LogP contribution in [-0.2, 0) is 0 Å². The fraction of sp³-hybridized carbons (Fsp3) is 0.500. The van der Waals surface area contributed by atoms with Gasteiger partial charge in [-0.05, 0) is 31.0 Å². The van der Waals surface area contributed by atoms with E-state index in [2.05, 4.69) is 5.32 Å². The van der Waals surface area contributed by atoms with Gasteiger partial charge in [-0.2, -0.15) is 0 Å². The SMILES string of the molecule is CNC(c1ccsc1C)C(F)F. The summed E-state index contributed by atoms with van der Waals surface area (Å²) < 4.78 is 24.8. The number of thiophene rings is 1. The Kier molecular flexibility index (Phi) is 3.17. The second kappa shape index (κ2) is 3.96. The van der Waals surface area contributed by atoms with E-state index in [9.17, 15) is 8.78 Å². The molecule has 0 aliphatic rings. The number of halogens is 2. The Balaban J connectivity index is 2.87. The van der Waals surface area contributed by atoms with Crippen molar-refractivity contribution >= 4 is 11.3 Å². The van der Waals surface area contributed by atoms with E-state index in [1.165, 1.54) is 11.3 Å². The normalized spacial score (nSPS) is 13.8. The molecule has 0 radical (unpaired) electrons. The molecule has 0 aliphatic carbocycles. The zero-order valence-corrected chi connectivity index (χ0v) is 7.79. The molecular weight excluding hydrogens is 180 g/mol.